The van der Waals surface area contributed by atoms with Crippen LogP contribution in [0, 0.1) is 0 Å². The number of nitrogens with zero attached hydrogens (tertiary/aromatic N) is 1. The maximum absolute atomic E-state index is 12.9. The minimum atomic E-state index is -4.40. The third kappa shape index (κ3) is 63.8. The molecule has 0 aromatic rings. The van der Waals surface area contributed by atoms with Crippen molar-refractivity contribution in [1.29, 1.82) is 0 Å². The topological polar surface area (TPSA) is 108 Å². The summed E-state index contributed by atoms with van der Waals surface area (Å²) in [6, 6.07) is 0. The summed E-state index contributed by atoms with van der Waals surface area (Å²) in [5.41, 5.74) is 0. The molecule has 460 valence electrons. The van der Waals surface area contributed by atoms with E-state index in [1.165, 1.54) is 135 Å². The van der Waals surface area contributed by atoms with Gasteiger partial charge >= 0.3 is 19.8 Å². The van der Waals surface area contributed by atoms with Gasteiger partial charge in [0.1, 0.15) is 19.8 Å². The molecule has 10 heteroatoms. The summed E-state index contributed by atoms with van der Waals surface area (Å²) in [4.78, 5) is 35.8. The summed E-state index contributed by atoms with van der Waals surface area (Å²) >= 11 is 0. The second-order valence-electron chi connectivity index (χ2n) is 22.7. The number of phosphoric ester groups is 1. The number of hydrogen-bond acceptors (Lipinski definition) is 7. The number of esters is 2. The van der Waals surface area contributed by atoms with Crippen molar-refractivity contribution in [2.24, 2.45) is 0 Å². The predicted molar refractivity (Wildman–Crippen MR) is 344 cm³/mol. The largest absolute Gasteiger partial charge is 0.472 e. The minimum absolute atomic E-state index is 0.0270. The fraction of sp³-hybridized carbons (Fsp3) is 0.714. The molecule has 9 nitrogen and oxygen atoms in total. The van der Waals surface area contributed by atoms with Gasteiger partial charge in [-0.2, -0.15) is 0 Å². The first kappa shape index (κ1) is 76.7. The molecule has 0 spiro atoms. The van der Waals surface area contributed by atoms with Crippen LogP contribution in [0.3, 0.4) is 0 Å². The second kappa shape index (κ2) is 60.3. The van der Waals surface area contributed by atoms with Gasteiger partial charge in [-0.15, -0.1) is 0 Å². The number of quaternary nitrogens is 1. The fourth-order valence-corrected chi connectivity index (χ4v) is 9.60. The van der Waals surface area contributed by atoms with E-state index < -0.39 is 26.5 Å². The van der Waals surface area contributed by atoms with Crippen molar-refractivity contribution in [3.63, 3.8) is 0 Å². The Kier molecular flexibility index (Phi) is 57.8. The molecule has 0 fully saturated rings. The van der Waals surface area contributed by atoms with E-state index in [-0.39, 0.29) is 32.0 Å². The highest BCUT2D eigenvalue weighted by Crippen LogP contribution is 2.43. The van der Waals surface area contributed by atoms with E-state index in [0.29, 0.717) is 17.4 Å². The molecule has 0 amide bonds. The molecule has 0 aromatic carbocycles. The third-order valence-corrected chi connectivity index (χ3v) is 14.8. The fourth-order valence-electron chi connectivity index (χ4n) is 8.86. The molecule has 0 heterocycles. The third-order valence-electron chi connectivity index (χ3n) is 13.8. The molecule has 0 aliphatic rings. The van der Waals surface area contributed by atoms with Crippen LogP contribution < -0.4 is 0 Å². The van der Waals surface area contributed by atoms with Crippen molar-refractivity contribution in [2.75, 3.05) is 47.5 Å². The van der Waals surface area contributed by atoms with E-state index in [4.69, 9.17) is 18.5 Å². The molecule has 0 saturated heterocycles. The van der Waals surface area contributed by atoms with Crippen LogP contribution >= 0.6 is 7.82 Å². The molecule has 0 saturated carbocycles. The first-order valence-corrected chi connectivity index (χ1v) is 34.1. The number of rotatable bonds is 59. The maximum Gasteiger partial charge on any atom is 0.472 e. The van der Waals surface area contributed by atoms with Crippen molar-refractivity contribution in [3.8, 4) is 0 Å². The van der Waals surface area contributed by atoms with Crippen molar-refractivity contribution >= 4 is 19.8 Å². The molecule has 80 heavy (non-hydrogen) atoms. The summed E-state index contributed by atoms with van der Waals surface area (Å²) in [6.07, 6.45) is 84.6. The highest BCUT2D eigenvalue weighted by Gasteiger charge is 2.27. The van der Waals surface area contributed by atoms with Gasteiger partial charge in [-0.25, -0.2) is 4.57 Å². The smallest absolute Gasteiger partial charge is 0.462 e. The molecule has 2 atom stereocenters. The molecule has 0 aliphatic carbocycles. The van der Waals surface area contributed by atoms with Gasteiger partial charge in [0, 0.05) is 12.8 Å². The SMILES string of the molecule is CC/C=C\C/C=C\C/C=C\C/C=C\C/C=C\CCCCCCCCCCCCCCCCCCCCCC(=O)OC(COC(=O)CCCCCCCCCC/C=C\C/C=C\C/C=C\C/C=C\CC)COP(=O)(O)OCC[N+](C)(C)C. The normalized spacial score (nSPS) is 13.9. The van der Waals surface area contributed by atoms with Crippen molar-refractivity contribution in [1.82, 2.24) is 0 Å². The molecular weight excluding hydrogens is 1010 g/mol. The lowest BCUT2D eigenvalue weighted by Crippen LogP contribution is -2.37. The first-order valence-electron chi connectivity index (χ1n) is 32.6. The predicted octanol–water partition coefficient (Wildman–Crippen LogP) is 20.9. The quantitative estimate of drug-likeness (QED) is 0.0211. The van der Waals surface area contributed by atoms with E-state index >= 15 is 0 Å². The van der Waals surface area contributed by atoms with Gasteiger partial charge in [0.15, 0.2) is 6.10 Å². The van der Waals surface area contributed by atoms with Gasteiger partial charge in [0.2, 0.25) is 0 Å². The maximum atomic E-state index is 12.9. The number of ether oxygens (including phenoxy) is 2. The van der Waals surface area contributed by atoms with Crippen LogP contribution in [0.4, 0.5) is 0 Å². The number of hydrogen-bond donors (Lipinski definition) is 1. The molecule has 0 rings (SSSR count). The Balaban J connectivity index is 4.05. The van der Waals surface area contributed by atoms with Crippen LogP contribution in [0.15, 0.2) is 109 Å². The highest BCUT2D eigenvalue weighted by atomic mass is 31.2. The van der Waals surface area contributed by atoms with Crippen LogP contribution in [0.1, 0.15) is 271 Å². The zero-order valence-corrected chi connectivity index (χ0v) is 53.2. The van der Waals surface area contributed by atoms with Gasteiger partial charge in [-0.05, 0) is 96.3 Å². The lowest BCUT2D eigenvalue weighted by Gasteiger charge is -2.24. The first-order chi connectivity index (χ1) is 39.0. The summed E-state index contributed by atoms with van der Waals surface area (Å²) in [7, 11) is 1.47. The van der Waals surface area contributed by atoms with Crippen molar-refractivity contribution < 1.29 is 42.1 Å². The second-order valence-corrected chi connectivity index (χ2v) is 24.2. The summed E-state index contributed by atoms with van der Waals surface area (Å²) in [6.45, 7) is 4.21. The molecule has 1 N–H and O–H groups in total. The van der Waals surface area contributed by atoms with Crippen molar-refractivity contribution in [3.05, 3.63) is 109 Å². The molecule has 2 unspecified atom stereocenters. The molecule has 0 aromatic heterocycles. The Hall–Kier alpha value is -3.33. The Morgan fingerprint density at radius 3 is 1.00 bits per heavy atom. The number of likely N-dealkylation sites (N-methyl/N-ethyl adjacent to an activating group) is 1. The molecule has 0 radical (unpaired) electrons. The number of carbonyl (C=O) groups is 2. The van der Waals surface area contributed by atoms with Gasteiger partial charge in [0.05, 0.1) is 27.7 Å². The summed E-state index contributed by atoms with van der Waals surface area (Å²) in [5.74, 6) is -0.803. The lowest BCUT2D eigenvalue weighted by atomic mass is 10.0. The average molecular weight is 1140 g/mol. The van der Waals surface area contributed by atoms with Crippen LogP contribution in [0.5, 0.6) is 0 Å². The zero-order valence-electron chi connectivity index (χ0n) is 52.3. The summed E-state index contributed by atoms with van der Waals surface area (Å²) in [5, 5.41) is 0. The van der Waals surface area contributed by atoms with E-state index in [1.54, 1.807) is 0 Å². The van der Waals surface area contributed by atoms with E-state index in [2.05, 4.69) is 123 Å². The standard InChI is InChI=1S/C70H122NO8P/c1-6-8-10-12-14-16-18-20-22-24-26-28-29-30-31-32-33-34-35-36-37-38-39-40-41-43-45-47-49-51-53-55-57-59-61-63-70(73)79-68(67-78-80(74,75)77-65-64-71(3,4)5)66-76-69(72)62-60-58-56-54-52-50-48-46-44-42-27-25-23-21-19-17-15-13-11-9-7-2/h8-11,14-17,20-23,26-28,30-31,42,68H,6-7,12-13,18-19,24-25,29,32-41,43-67H2,1-5H3/p+1/b10-8-,11-9-,16-14-,17-15-,22-20-,23-21-,28-26-,31-30-,42-27-. The van der Waals surface area contributed by atoms with E-state index in [1.807, 2.05) is 21.1 Å². The van der Waals surface area contributed by atoms with Gasteiger partial charge in [-0.3, -0.25) is 18.6 Å². The average Bonchev–Trinajstić information content (AvgIpc) is 3.42. The van der Waals surface area contributed by atoms with Crippen LogP contribution in [-0.2, 0) is 32.7 Å². The Morgan fingerprint density at radius 2 is 0.675 bits per heavy atom. The van der Waals surface area contributed by atoms with E-state index in [9.17, 15) is 19.0 Å². The number of allylic oxidation sites excluding steroid dienone is 18. The van der Waals surface area contributed by atoms with Crippen LogP contribution in [-0.4, -0.2) is 74.9 Å². The highest BCUT2D eigenvalue weighted by molar-refractivity contribution is 7.47. The van der Waals surface area contributed by atoms with Crippen LogP contribution in [0.25, 0.3) is 0 Å². The zero-order chi connectivity index (χ0) is 58.4. The van der Waals surface area contributed by atoms with E-state index in [0.717, 1.165) is 103 Å². The minimum Gasteiger partial charge on any atom is -0.462 e. The lowest BCUT2D eigenvalue weighted by molar-refractivity contribution is -0.870. The van der Waals surface area contributed by atoms with Gasteiger partial charge < -0.3 is 18.9 Å². The van der Waals surface area contributed by atoms with Crippen molar-refractivity contribution in [2.45, 2.75) is 277 Å². The Morgan fingerprint density at radius 1 is 0.388 bits per heavy atom. The number of carbonyl (C=O) groups excluding carboxylic acids is 2. The number of phosphoric acid groups is 1. The Bertz CT molecular complexity index is 1720. The molecular formula is C70H123NO8P+. The molecule has 0 aliphatic heterocycles. The van der Waals surface area contributed by atoms with Crippen LogP contribution in [0.2, 0.25) is 0 Å². The van der Waals surface area contributed by atoms with Gasteiger partial charge in [0.25, 0.3) is 0 Å². The monoisotopic (exact) mass is 1140 g/mol. The molecule has 0 bridgehead atoms. The number of unbranched alkanes of at least 4 members (excludes halogenated alkanes) is 27. The summed E-state index contributed by atoms with van der Waals surface area (Å²) < 4.78 is 34.7. The van der Waals surface area contributed by atoms with Gasteiger partial charge in [-0.1, -0.05) is 271 Å². The Labute approximate surface area is 493 Å².